The topological polar surface area (TPSA) is 79.1 Å². The van der Waals surface area contributed by atoms with Crippen LogP contribution < -0.4 is 19.6 Å². The van der Waals surface area contributed by atoms with Crippen molar-refractivity contribution < 1.29 is 19.0 Å². The van der Waals surface area contributed by atoms with Gasteiger partial charge in [0.1, 0.15) is 0 Å². The van der Waals surface area contributed by atoms with E-state index in [1.54, 1.807) is 29.5 Å². The zero-order valence-electron chi connectivity index (χ0n) is 16.9. The monoisotopic (exact) mass is 458 g/mol. The number of hydrogen-bond acceptors (Lipinski definition) is 7. The molecule has 0 aliphatic carbocycles. The Balaban J connectivity index is 1.74. The Morgan fingerprint density at radius 2 is 2.00 bits per heavy atom. The summed E-state index contributed by atoms with van der Waals surface area (Å²) >= 11 is 7.70. The summed E-state index contributed by atoms with van der Waals surface area (Å²) in [7, 11) is 0. The highest BCUT2D eigenvalue weighted by atomic mass is 35.5. The lowest BCUT2D eigenvalue weighted by molar-refractivity contribution is -0.145. The molecule has 4 rings (SSSR count). The van der Waals surface area contributed by atoms with E-state index < -0.39 is 5.97 Å². The second-order valence-electron chi connectivity index (χ2n) is 6.49. The third-order valence-corrected chi connectivity index (χ3v) is 5.66. The molecule has 9 heteroatoms. The van der Waals surface area contributed by atoms with Crippen LogP contribution in [0.4, 0.5) is 0 Å². The maximum atomic E-state index is 13.0. The Hall–Kier alpha value is -3.10. The van der Waals surface area contributed by atoms with Crippen molar-refractivity contribution in [2.24, 2.45) is 0 Å². The normalized spacial score (nSPS) is 11.9. The van der Waals surface area contributed by atoms with Crippen molar-refractivity contribution in [1.29, 1.82) is 0 Å². The van der Waals surface area contributed by atoms with Gasteiger partial charge in [-0.1, -0.05) is 35.1 Å². The van der Waals surface area contributed by atoms with Crippen LogP contribution in [0.2, 0.25) is 5.02 Å². The molecule has 0 aliphatic rings. The summed E-state index contributed by atoms with van der Waals surface area (Å²) in [5.41, 5.74) is 2.07. The van der Waals surface area contributed by atoms with Crippen LogP contribution in [0.3, 0.4) is 0 Å². The van der Waals surface area contributed by atoms with Gasteiger partial charge in [-0.25, -0.2) is 14.2 Å². The van der Waals surface area contributed by atoms with E-state index in [1.807, 2.05) is 31.2 Å². The minimum Gasteiger partial charge on any atom is -0.490 e. The van der Waals surface area contributed by atoms with Gasteiger partial charge in [-0.15, -0.1) is 0 Å². The maximum absolute atomic E-state index is 13.0. The molecule has 0 saturated carbocycles. The van der Waals surface area contributed by atoms with Crippen LogP contribution in [0.25, 0.3) is 22.1 Å². The van der Waals surface area contributed by atoms with E-state index >= 15 is 0 Å². The molecule has 2 heterocycles. The number of nitrogens with zero attached hydrogens (tertiary/aromatic N) is 2. The number of halogens is 1. The molecule has 0 N–H and O–H groups in total. The first kappa shape index (κ1) is 21.1. The molecule has 0 radical (unpaired) electrons. The van der Waals surface area contributed by atoms with E-state index in [0.29, 0.717) is 27.4 Å². The Morgan fingerprint density at radius 3 is 2.77 bits per heavy atom. The summed E-state index contributed by atoms with van der Waals surface area (Å²) < 4.78 is 18.2. The van der Waals surface area contributed by atoms with E-state index in [0.717, 1.165) is 11.0 Å². The van der Waals surface area contributed by atoms with Gasteiger partial charge in [-0.2, -0.15) is 0 Å². The maximum Gasteiger partial charge on any atom is 0.344 e. The van der Waals surface area contributed by atoms with Gasteiger partial charge in [0.2, 0.25) is 0 Å². The first-order chi connectivity index (χ1) is 15.0. The second kappa shape index (κ2) is 8.95. The van der Waals surface area contributed by atoms with Crippen LogP contribution in [0.1, 0.15) is 19.4 Å². The minimum absolute atomic E-state index is 0.148. The van der Waals surface area contributed by atoms with E-state index in [-0.39, 0.29) is 29.5 Å². The quantitative estimate of drug-likeness (QED) is 0.395. The third-order valence-electron chi connectivity index (χ3n) is 4.41. The Bertz CT molecular complexity index is 1380. The number of carbonyl (C=O) groups is 1. The zero-order valence-corrected chi connectivity index (χ0v) is 18.5. The summed E-state index contributed by atoms with van der Waals surface area (Å²) in [6.07, 6.45) is 1.74. The van der Waals surface area contributed by atoms with Gasteiger partial charge >= 0.3 is 5.97 Å². The number of benzene rings is 2. The first-order valence-electron chi connectivity index (χ1n) is 9.68. The highest BCUT2D eigenvalue weighted by molar-refractivity contribution is 7.15. The molecule has 31 heavy (non-hydrogen) atoms. The van der Waals surface area contributed by atoms with Crippen molar-refractivity contribution in [3.05, 3.63) is 61.9 Å². The predicted molar refractivity (Wildman–Crippen MR) is 120 cm³/mol. The predicted octanol–water partition coefficient (Wildman–Crippen LogP) is 3.45. The molecule has 0 atom stereocenters. The third kappa shape index (κ3) is 4.22. The fraction of sp³-hybridized carbons (Fsp3) is 0.227. The molecule has 0 bridgehead atoms. The summed E-state index contributed by atoms with van der Waals surface area (Å²) in [4.78, 5) is 29.7. The SMILES string of the molecule is CCOC(=O)COc1c(Cl)cc(/C=c2\sc3nc4ccccc4n3c2=O)cc1OCC. The second-order valence-corrected chi connectivity index (χ2v) is 7.91. The lowest BCUT2D eigenvalue weighted by Gasteiger charge is -2.14. The molecule has 7 nitrogen and oxygen atoms in total. The summed E-state index contributed by atoms with van der Waals surface area (Å²) in [5, 5.41) is 0.265. The van der Waals surface area contributed by atoms with Crippen molar-refractivity contribution >= 4 is 51.0 Å². The number of hydrogen-bond donors (Lipinski definition) is 0. The fourth-order valence-corrected chi connectivity index (χ4v) is 4.43. The van der Waals surface area contributed by atoms with E-state index in [2.05, 4.69) is 4.98 Å². The van der Waals surface area contributed by atoms with Gasteiger partial charge < -0.3 is 14.2 Å². The zero-order chi connectivity index (χ0) is 22.0. The number of imidazole rings is 1. The van der Waals surface area contributed by atoms with Crippen LogP contribution in [-0.2, 0) is 9.53 Å². The van der Waals surface area contributed by atoms with Gasteiger partial charge in [0.05, 0.1) is 33.8 Å². The standard InChI is InChI=1S/C22H19ClN2O5S/c1-3-28-17-10-13(9-14(23)20(17)30-12-19(26)29-4-2)11-18-21(27)25-16-8-6-5-7-15(16)24-22(25)31-18/h5-11H,3-4,12H2,1-2H3/b18-11-. The number of thiazole rings is 1. The van der Waals surface area contributed by atoms with Crippen molar-refractivity contribution in [3.63, 3.8) is 0 Å². The van der Waals surface area contributed by atoms with Gasteiger partial charge in [0, 0.05) is 0 Å². The average molecular weight is 459 g/mol. The van der Waals surface area contributed by atoms with Crippen LogP contribution in [-0.4, -0.2) is 35.2 Å². The summed E-state index contributed by atoms with van der Waals surface area (Å²) in [6.45, 7) is 3.90. The van der Waals surface area contributed by atoms with Gasteiger partial charge in [0.15, 0.2) is 23.1 Å². The number of para-hydroxylation sites is 2. The summed E-state index contributed by atoms with van der Waals surface area (Å²) in [5.74, 6) is 0.134. The van der Waals surface area contributed by atoms with Crippen molar-refractivity contribution in [3.8, 4) is 11.5 Å². The average Bonchev–Trinajstić information content (AvgIpc) is 3.24. The van der Waals surface area contributed by atoms with Crippen LogP contribution in [0.15, 0.2) is 41.2 Å². The van der Waals surface area contributed by atoms with Crippen LogP contribution in [0, 0.1) is 0 Å². The number of carbonyl (C=O) groups excluding carboxylic acids is 1. The molecule has 0 saturated heterocycles. The number of fused-ring (bicyclic) bond motifs is 3. The Kier molecular flexibility index (Phi) is 6.11. The lowest BCUT2D eigenvalue weighted by atomic mass is 10.2. The Labute approximate surface area is 186 Å². The minimum atomic E-state index is -0.498. The highest BCUT2D eigenvalue weighted by Crippen LogP contribution is 2.37. The molecule has 0 spiro atoms. The first-order valence-corrected chi connectivity index (χ1v) is 10.9. The Morgan fingerprint density at radius 1 is 1.19 bits per heavy atom. The smallest absolute Gasteiger partial charge is 0.344 e. The van der Waals surface area contributed by atoms with Crippen molar-refractivity contribution in [1.82, 2.24) is 9.38 Å². The van der Waals surface area contributed by atoms with E-state index in [9.17, 15) is 9.59 Å². The molecule has 0 unspecified atom stereocenters. The van der Waals surface area contributed by atoms with Crippen LogP contribution in [0.5, 0.6) is 11.5 Å². The number of esters is 1. The van der Waals surface area contributed by atoms with Crippen molar-refractivity contribution in [2.45, 2.75) is 13.8 Å². The largest absolute Gasteiger partial charge is 0.490 e. The fourth-order valence-electron chi connectivity index (χ4n) is 3.17. The van der Waals surface area contributed by atoms with E-state index in [1.165, 1.54) is 11.3 Å². The highest BCUT2D eigenvalue weighted by Gasteiger charge is 2.15. The number of aromatic nitrogens is 2. The molecule has 160 valence electrons. The summed E-state index contributed by atoms with van der Waals surface area (Å²) in [6, 6.07) is 10.9. The van der Waals surface area contributed by atoms with Gasteiger partial charge in [-0.3, -0.25) is 4.79 Å². The lowest BCUT2D eigenvalue weighted by Crippen LogP contribution is -2.22. The van der Waals surface area contributed by atoms with Crippen molar-refractivity contribution in [2.75, 3.05) is 19.8 Å². The molecule has 0 aliphatic heterocycles. The molecule has 0 fully saturated rings. The van der Waals surface area contributed by atoms with E-state index in [4.69, 9.17) is 25.8 Å². The molecule has 4 aromatic rings. The molecule has 2 aromatic carbocycles. The number of ether oxygens (including phenoxy) is 3. The molecule has 0 amide bonds. The molecular weight excluding hydrogens is 440 g/mol. The van der Waals surface area contributed by atoms with Crippen LogP contribution >= 0.6 is 22.9 Å². The van der Waals surface area contributed by atoms with Gasteiger partial charge in [-0.05, 0) is 49.8 Å². The van der Waals surface area contributed by atoms with Gasteiger partial charge in [0.25, 0.3) is 5.56 Å². The molecular formula is C22H19ClN2O5S. The molecule has 2 aromatic heterocycles. The number of rotatable bonds is 7.